The van der Waals surface area contributed by atoms with Gasteiger partial charge in [-0.25, -0.2) is 8.78 Å². The van der Waals surface area contributed by atoms with E-state index in [1.54, 1.807) is 12.1 Å². The molecule has 4 heteroatoms. The highest BCUT2D eigenvalue weighted by Gasteiger charge is 2.37. The van der Waals surface area contributed by atoms with Gasteiger partial charge in [0.2, 0.25) is 0 Å². The second-order valence-corrected chi connectivity index (χ2v) is 3.17. The Morgan fingerprint density at radius 3 is 2.67 bits per heavy atom. The van der Waals surface area contributed by atoms with Gasteiger partial charge in [0, 0.05) is 6.92 Å². The predicted octanol–water partition coefficient (Wildman–Crippen LogP) is 3.66. The van der Waals surface area contributed by atoms with Crippen LogP contribution in [0.2, 0.25) is 0 Å². The Balaban J connectivity index is 2.84. The lowest BCUT2D eigenvalue weighted by molar-refractivity contribution is -0.152. The fourth-order valence-electron chi connectivity index (χ4n) is 0.980. The van der Waals surface area contributed by atoms with Crippen LogP contribution in [-0.4, -0.2) is 12.3 Å². The summed E-state index contributed by atoms with van der Waals surface area (Å²) in [6.45, 7) is 4.20. The van der Waals surface area contributed by atoms with Gasteiger partial charge in [0.1, 0.15) is 5.75 Å². The van der Waals surface area contributed by atoms with E-state index >= 15 is 0 Å². The molecule has 0 aliphatic heterocycles. The van der Waals surface area contributed by atoms with Crippen molar-refractivity contribution in [3.05, 3.63) is 36.4 Å². The van der Waals surface area contributed by atoms with Gasteiger partial charge in [-0.15, -0.1) is 0 Å². The minimum absolute atomic E-state index is 0.0534. The first-order chi connectivity index (χ1) is 6.95. The van der Waals surface area contributed by atoms with Crippen LogP contribution in [0.1, 0.15) is 12.5 Å². The average molecular weight is 216 g/mol. The molecule has 1 aromatic rings. The van der Waals surface area contributed by atoms with Crippen LogP contribution >= 0.6 is 0 Å². The van der Waals surface area contributed by atoms with Gasteiger partial charge >= 0.3 is 12.3 Å². The lowest BCUT2D eigenvalue weighted by atomic mass is 10.2. The molecule has 1 nitrogen and oxygen atoms in total. The van der Waals surface area contributed by atoms with Crippen LogP contribution < -0.4 is 4.74 Å². The zero-order valence-electron chi connectivity index (χ0n) is 8.21. The molecular weight excluding hydrogens is 205 g/mol. The first-order valence-corrected chi connectivity index (χ1v) is 4.34. The molecule has 1 aromatic carbocycles. The standard InChI is InChI=1S/C11H11F3O/c1-3-8-5-4-6-9(7-8)15-11(2,14)10(12)13/h3-7,10H,1H2,2H3. The maximum absolute atomic E-state index is 13.1. The summed E-state index contributed by atoms with van der Waals surface area (Å²) in [4.78, 5) is 0. The second-order valence-electron chi connectivity index (χ2n) is 3.17. The van der Waals surface area contributed by atoms with Crippen LogP contribution in [0.5, 0.6) is 5.75 Å². The molecule has 0 aliphatic carbocycles. The van der Waals surface area contributed by atoms with Crippen LogP contribution in [0, 0.1) is 0 Å². The summed E-state index contributed by atoms with van der Waals surface area (Å²) >= 11 is 0. The van der Waals surface area contributed by atoms with Crippen molar-refractivity contribution in [2.75, 3.05) is 0 Å². The topological polar surface area (TPSA) is 9.23 Å². The van der Waals surface area contributed by atoms with Crippen molar-refractivity contribution in [3.8, 4) is 5.75 Å². The molecule has 0 aliphatic rings. The predicted molar refractivity (Wildman–Crippen MR) is 52.7 cm³/mol. The Hall–Kier alpha value is -1.45. The molecule has 0 saturated carbocycles. The minimum atomic E-state index is -3.19. The van der Waals surface area contributed by atoms with E-state index in [2.05, 4.69) is 11.3 Å². The number of ether oxygens (including phenoxy) is 1. The van der Waals surface area contributed by atoms with E-state index in [9.17, 15) is 13.2 Å². The summed E-state index contributed by atoms with van der Waals surface area (Å²) in [5, 5.41) is 0. The fourth-order valence-corrected chi connectivity index (χ4v) is 0.980. The number of halogens is 3. The third kappa shape index (κ3) is 3.01. The molecule has 0 heterocycles. The van der Waals surface area contributed by atoms with E-state index in [0.29, 0.717) is 12.5 Å². The number of hydrogen-bond donors (Lipinski definition) is 0. The third-order valence-corrected chi connectivity index (χ3v) is 1.80. The van der Waals surface area contributed by atoms with Crippen molar-refractivity contribution in [2.24, 2.45) is 0 Å². The van der Waals surface area contributed by atoms with Gasteiger partial charge in [0.25, 0.3) is 0 Å². The Labute approximate surface area is 86.2 Å². The minimum Gasteiger partial charge on any atom is -0.453 e. The molecule has 0 saturated heterocycles. The van der Waals surface area contributed by atoms with Crippen molar-refractivity contribution in [1.29, 1.82) is 0 Å². The monoisotopic (exact) mass is 216 g/mol. The molecule has 0 bridgehead atoms. The van der Waals surface area contributed by atoms with Crippen molar-refractivity contribution in [3.63, 3.8) is 0 Å². The molecule has 0 aromatic heterocycles. The van der Waals surface area contributed by atoms with E-state index in [1.165, 1.54) is 18.2 Å². The molecule has 82 valence electrons. The molecule has 1 atom stereocenters. The summed E-state index contributed by atoms with van der Waals surface area (Å²) in [5.74, 6) is -2.92. The van der Waals surface area contributed by atoms with Gasteiger partial charge in [-0.05, 0) is 17.7 Å². The van der Waals surface area contributed by atoms with Crippen LogP contribution in [0.4, 0.5) is 13.2 Å². The van der Waals surface area contributed by atoms with Crippen molar-refractivity contribution >= 4 is 6.08 Å². The van der Waals surface area contributed by atoms with Gasteiger partial charge in [-0.3, -0.25) is 0 Å². The van der Waals surface area contributed by atoms with E-state index in [0.717, 1.165) is 0 Å². The first-order valence-electron chi connectivity index (χ1n) is 4.34. The number of rotatable bonds is 4. The number of hydrogen-bond acceptors (Lipinski definition) is 1. The van der Waals surface area contributed by atoms with Gasteiger partial charge in [0.15, 0.2) is 0 Å². The van der Waals surface area contributed by atoms with Gasteiger partial charge in [-0.2, -0.15) is 4.39 Å². The molecular formula is C11H11F3O. The summed E-state index contributed by atoms with van der Waals surface area (Å²) in [6.07, 6.45) is -1.67. The van der Waals surface area contributed by atoms with Gasteiger partial charge in [-0.1, -0.05) is 24.8 Å². The molecule has 0 fully saturated rings. The van der Waals surface area contributed by atoms with Crippen LogP contribution in [0.15, 0.2) is 30.8 Å². The Bertz CT molecular complexity index is 347. The van der Waals surface area contributed by atoms with Gasteiger partial charge < -0.3 is 4.74 Å². The Morgan fingerprint density at radius 2 is 2.13 bits per heavy atom. The van der Waals surface area contributed by atoms with E-state index in [-0.39, 0.29) is 5.75 Å². The lowest BCUT2D eigenvalue weighted by Crippen LogP contribution is -2.35. The third-order valence-electron chi connectivity index (χ3n) is 1.80. The van der Waals surface area contributed by atoms with Crippen LogP contribution in [0.3, 0.4) is 0 Å². The van der Waals surface area contributed by atoms with E-state index < -0.39 is 12.3 Å². The maximum Gasteiger partial charge on any atom is 0.306 e. The quantitative estimate of drug-likeness (QED) is 0.746. The molecule has 1 rings (SSSR count). The molecule has 0 amide bonds. The van der Waals surface area contributed by atoms with Crippen LogP contribution in [0.25, 0.3) is 6.08 Å². The molecule has 1 unspecified atom stereocenters. The highest BCUT2D eigenvalue weighted by molar-refractivity contribution is 5.49. The van der Waals surface area contributed by atoms with Gasteiger partial charge in [0.05, 0.1) is 0 Å². The Morgan fingerprint density at radius 1 is 1.47 bits per heavy atom. The van der Waals surface area contributed by atoms with Crippen molar-refractivity contribution in [1.82, 2.24) is 0 Å². The SMILES string of the molecule is C=Cc1cccc(OC(C)(F)C(F)F)c1. The summed E-state index contributed by atoms with van der Waals surface area (Å²) in [6, 6.07) is 6.13. The zero-order chi connectivity index (χ0) is 11.5. The first kappa shape index (κ1) is 11.6. The molecule has 15 heavy (non-hydrogen) atoms. The normalized spacial score (nSPS) is 14.7. The summed E-state index contributed by atoms with van der Waals surface area (Å²) in [7, 11) is 0. The zero-order valence-corrected chi connectivity index (χ0v) is 8.21. The van der Waals surface area contributed by atoms with E-state index in [4.69, 9.17) is 0 Å². The largest absolute Gasteiger partial charge is 0.453 e. The lowest BCUT2D eigenvalue weighted by Gasteiger charge is -2.21. The van der Waals surface area contributed by atoms with Crippen LogP contribution in [-0.2, 0) is 0 Å². The second kappa shape index (κ2) is 4.38. The molecule has 0 N–H and O–H groups in total. The number of benzene rings is 1. The molecule has 0 radical (unpaired) electrons. The number of alkyl halides is 3. The smallest absolute Gasteiger partial charge is 0.306 e. The maximum atomic E-state index is 13.1. The Kier molecular flexibility index (Phi) is 3.39. The summed E-state index contributed by atoms with van der Waals surface area (Å²) in [5.41, 5.74) is 0.678. The fraction of sp³-hybridized carbons (Fsp3) is 0.273. The summed E-state index contributed by atoms with van der Waals surface area (Å²) < 4.78 is 42.0. The highest BCUT2D eigenvalue weighted by Crippen LogP contribution is 2.26. The van der Waals surface area contributed by atoms with E-state index in [1.807, 2.05) is 0 Å². The molecule has 0 spiro atoms. The highest BCUT2D eigenvalue weighted by atomic mass is 19.3. The van der Waals surface area contributed by atoms with Crippen molar-refractivity contribution in [2.45, 2.75) is 19.2 Å². The van der Waals surface area contributed by atoms with Crippen molar-refractivity contribution < 1.29 is 17.9 Å². The average Bonchev–Trinajstić information content (AvgIpc) is 2.17.